The van der Waals surface area contributed by atoms with Crippen LogP contribution in [0.4, 0.5) is 0 Å². The number of benzene rings is 8. The Bertz CT molecular complexity index is 5300. The van der Waals surface area contributed by atoms with Gasteiger partial charge in [0.05, 0.1) is 90.8 Å². The van der Waals surface area contributed by atoms with Crippen LogP contribution in [0.1, 0.15) is 196 Å². The number of nitrogens with zero attached hydrogens (tertiary/aromatic N) is 11. The van der Waals surface area contributed by atoms with Crippen molar-refractivity contribution in [1.82, 2.24) is 75.5 Å². The number of unbranched alkanes of at least 4 members (excludes halogenated alkanes) is 5. The number of ether oxygens (including phenoxy) is 5. The van der Waals surface area contributed by atoms with Gasteiger partial charge in [0.15, 0.2) is 0 Å². The number of aromatic amines is 5. The Morgan fingerprint density at radius 2 is 0.850 bits per heavy atom. The van der Waals surface area contributed by atoms with Gasteiger partial charge in [-0.1, -0.05) is 141 Å². The van der Waals surface area contributed by atoms with Crippen molar-refractivity contribution in [2.75, 3.05) is 74.6 Å². The topological polar surface area (TPSA) is 230 Å². The number of nitriles is 1. The summed E-state index contributed by atoms with van der Waals surface area (Å²) in [4.78, 5) is 11.6. The maximum absolute atomic E-state index is 9.00. The number of rotatable bonds is 38. The van der Waals surface area contributed by atoms with Crippen LogP contribution >= 0.6 is 11.6 Å². The highest BCUT2D eigenvalue weighted by Crippen LogP contribution is 2.35. The van der Waals surface area contributed by atoms with Crippen LogP contribution in [0.15, 0.2) is 164 Å². The van der Waals surface area contributed by atoms with E-state index in [4.69, 9.17) is 47.0 Å². The van der Waals surface area contributed by atoms with Crippen LogP contribution < -0.4 is 23.7 Å². The van der Waals surface area contributed by atoms with Gasteiger partial charge in [-0.25, -0.2) is 0 Å². The van der Waals surface area contributed by atoms with Crippen LogP contribution in [-0.4, -0.2) is 156 Å². The molecule has 1 aliphatic rings. The Balaban J connectivity index is 0.000000158. The van der Waals surface area contributed by atoms with Gasteiger partial charge in [-0.05, 0) is 271 Å². The van der Waals surface area contributed by atoms with E-state index in [-0.39, 0.29) is 0 Å². The average molecular weight is 1640 g/mol. The lowest BCUT2D eigenvalue weighted by Crippen LogP contribution is -2.20. The summed E-state index contributed by atoms with van der Waals surface area (Å²) in [6.07, 6.45) is 25.3. The molecule has 0 aliphatic heterocycles. The third kappa shape index (κ3) is 28.5. The molecule has 14 rings (SSSR count). The molecule has 5 heterocycles. The van der Waals surface area contributed by atoms with E-state index in [1.807, 2.05) is 127 Å². The van der Waals surface area contributed by atoms with Gasteiger partial charge in [-0.15, -0.1) is 6.42 Å². The van der Waals surface area contributed by atoms with Crippen LogP contribution in [0, 0.1) is 29.6 Å². The van der Waals surface area contributed by atoms with Crippen LogP contribution in [0.2, 0.25) is 5.02 Å². The van der Waals surface area contributed by atoms with Gasteiger partial charge in [-0.2, -0.15) is 30.8 Å². The number of hydrogen-bond acceptors (Lipinski definition) is 16. The predicted molar refractivity (Wildman–Crippen MR) is 491 cm³/mol. The number of para-hydroxylation sites is 1. The Hall–Kier alpha value is -10.8. The Morgan fingerprint density at radius 1 is 0.433 bits per heavy atom. The van der Waals surface area contributed by atoms with E-state index in [0.29, 0.717) is 40.7 Å². The number of halogens is 1. The van der Waals surface area contributed by atoms with Gasteiger partial charge in [0.2, 0.25) is 0 Å². The maximum Gasteiger partial charge on any atom is 0.146 e. The van der Waals surface area contributed by atoms with Gasteiger partial charge in [0.25, 0.3) is 0 Å². The summed E-state index contributed by atoms with van der Waals surface area (Å²) >= 11 is 6.17. The van der Waals surface area contributed by atoms with Gasteiger partial charge in [0.1, 0.15) is 46.9 Å². The molecule has 13 aromatic rings. The first-order chi connectivity index (χ1) is 58.4. The molecule has 0 atom stereocenters. The molecule has 0 saturated heterocycles. The number of fused-ring (bicyclic) bond motifs is 5. The van der Waals surface area contributed by atoms with Gasteiger partial charge in [0, 0.05) is 59.8 Å². The largest absolute Gasteiger partial charge is 0.493 e. The summed E-state index contributed by atoms with van der Waals surface area (Å²) in [7, 11) is 10.7. The highest BCUT2D eigenvalue weighted by molar-refractivity contribution is 6.32. The quantitative estimate of drug-likeness (QED) is 0.0227. The van der Waals surface area contributed by atoms with Crippen molar-refractivity contribution < 1.29 is 23.7 Å². The molecular weight excluding hydrogens is 1520 g/mol. The number of aromatic nitrogens is 10. The molecule has 5 N–H and O–H groups in total. The van der Waals surface area contributed by atoms with Crippen molar-refractivity contribution in [2.45, 2.75) is 197 Å². The van der Waals surface area contributed by atoms with Gasteiger partial charge < -0.3 is 48.2 Å². The zero-order chi connectivity index (χ0) is 85.0. The second-order valence-electron chi connectivity index (χ2n) is 32.1. The molecule has 120 heavy (non-hydrogen) atoms. The molecule has 636 valence electrons. The fourth-order valence-corrected chi connectivity index (χ4v) is 14.4. The van der Waals surface area contributed by atoms with E-state index in [2.05, 4.69) is 195 Å². The van der Waals surface area contributed by atoms with E-state index in [1.165, 1.54) is 107 Å². The molecule has 1 aliphatic carbocycles. The first-order valence-corrected chi connectivity index (χ1v) is 43.7. The minimum absolute atomic E-state index is 0.392. The highest BCUT2D eigenvalue weighted by Gasteiger charge is 2.20. The molecular formula is C98H127ClN16O5. The molecule has 1 saturated carbocycles. The number of hydrogen-bond donors (Lipinski definition) is 5. The Labute approximate surface area is 716 Å². The summed E-state index contributed by atoms with van der Waals surface area (Å²) in [6.45, 7) is 26.5. The molecule has 8 aromatic carbocycles. The highest BCUT2D eigenvalue weighted by atomic mass is 35.5. The van der Waals surface area contributed by atoms with Crippen molar-refractivity contribution >= 4 is 66.1 Å². The first-order valence-electron chi connectivity index (χ1n) is 43.3. The maximum atomic E-state index is 9.00. The predicted octanol–water partition coefficient (Wildman–Crippen LogP) is 22.8. The SMILES string of the molecule is C#Cc1ccc(COc2ccc3n[nH]c(CN(C)CCCC)c3c2)cc1.CCCCN(C)Cc1[nH]nc2ccc(OC3CCCCC3)cc12.CCCCN(C)Cc1[nH]nc2ccc(Oc3cccc(C#N)c3)cc12.CCCCN(C)Cc1[nH]nc2ccc(Oc3ccccc3Cl)cc12.CCCCN(C)Cc1[nH]nc2cccc(OCCC(C)C)c12. The van der Waals surface area contributed by atoms with E-state index in [9.17, 15) is 0 Å². The van der Waals surface area contributed by atoms with Crippen molar-refractivity contribution in [3.8, 4) is 58.7 Å². The smallest absolute Gasteiger partial charge is 0.146 e. The summed E-state index contributed by atoms with van der Waals surface area (Å²) in [5, 5.41) is 53.1. The number of terminal acetylenes is 1. The standard InChI is InChI=1S/C22H25N3O.C20H22N4O.C19H22ClN3O.C19H29N3O.C18H29N3O/c1-4-6-13-25(3)15-22-20-14-19(11-12-21(20)23-24-22)26-16-18-9-7-17(5-2)8-10-18;1-3-4-10-24(2)14-20-18-12-17(8-9-19(18)22-23-20)25-16-7-5-6-15(11-16)13-21;1-3-4-11-23(2)13-18-15-12-14(9-10-17(15)21-22-18)24-19-8-6-5-7-16(19)20;1-3-4-12-22(2)14-19-17-13-16(10-11-18(17)20-21-19)23-15-8-6-5-7-9-15;1-5-6-11-21(4)13-16-18-15(19-20-16)8-7-9-17(18)22-12-10-14(2)3/h2,7-12,14H,4,6,13,15-16H2,1,3H3,(H,23,24);5-9,11-12H,3-4,10,14H2,1-2H3,(H,22,23);5-10,12H,3-4,11,13H2,1-2H3,(H,21,22);10-11,13,15H,3-9,12,14H2,1-2H3,(H,20,21);7-9,14H,5-6,10-13H2,1-4H3,(H,19,20). The molecule has 0 amide bonds. The van der Waals surface area contributed by atoms with Crippen molar-refractivity contribution in [2.24, 2.45) is 5.92 Å². The second-order valence-corrected chi connectivity index (χ2v) is 32.6. The third-order valence-electron chi connectivity index (χ3n) is 21.2. The lowest BCUT2D eigenvalue weighted by molar-refractivity contribution is 0.155. The second kappa shape index (κ2) is 48.5. The van der Waals surface area contributed by atoms with Crippen LogP contribution in [0.5, 0.6) is 40.2 Å². The summed E-state index contributed by atoms with van der Waals surface area (Å²) < 4.78 is 30.0. The molecule has 22 heteroatoms. The summed E-state index contributed by atoms with van der Waals surface area (Å²) in [6, 6.07) is 54.8. The minimum Gasteiger partial charge on any atom is -0.493 e. The lowest BCUT2D eigenvalue weighted by Gasteiger charge is -2.23. The van der Waals surface area contributed by atoms with Crippen LogP contribution in [0.25, 0.3) is 54.5 Å². The third-order valence-corrected chi connectivity index (χ3v) is 21.6. The summed E-state index contributed by atoms with van der Waals surface area (Å²) in [5.41, 5.74) is 13.1. The van der Waals surface area contributed by atoms with Gasteiger partial charge in [-0.3, -0.25) is 25.5 Å². The zero-order valence-electron chi connectivity index (χ0n) is 73.0. The van der Waals surface area contributed by atoms with E-state index in [0.717, 1.165) is 190 Å². The summed E-state index contributed by atoms with van der Waals surface area (Å²) in [5.74, 6) is 8.87. The van der Waals surface area contributed by atoms with Crippen LogP contribution in [0.3, 0.4) is 0 Å². The van der Waals surface area contributed by atoms with Crippen molar-refractivity contribution in [1.29, 1.82) is 5.26 Å². The molecule has 1 fully saturated rings. The van der Waals surface area contributed by atoms with E-state index < -0.39 is 0 Å². The van der Waals surface area contributed by atoms with Gasteiger partial charge >= 0.3 is 0 Å². The molecule has 0 unspecified atom stereocenters. The van der Waals surface area contributed by atoms with E-state index >= 15 is 0 Å². The average Bonchev–Trinajstić information content (AvgIpc) is 1.66. The van der Waals surface area contributed by atoms with Crippen LogP contribution in [-0.2, 0) is 39.3 Å². The van der Waals surface area contributed by atoms with E-state index in [1.54, 1.807) is 12.1 Å². The monoisotopic (exact) mass is 1640 g/mol. The zero-order valence-corrected chi connectivity index (χ0v) is 73.7. The van der Waals surface area contributed by atoms with Crippen molar-refractivity contribution in [3.63, 3.8) is 0 Å². The molecule has 5 aromatic heterocycles. The number of H-pyrrole nitrogens is 5. The van der Waals surface area contributed by atoms with Crippen molar-refractivity contribution in [3.05, 3.63) is 214 Å². The molecule has 0 bridgehead atoms. The molecule has 0 spiro atoms. The molecule has 21 nitrogen and oxygen atoms in total. The Kier molecular flexibility index (Phi) is 37.0. The number of nitrogens with one attached hydrogen (secondary N) is 5. The Morgan fingerprint density at radius 3 is 1.32 bits per heavy atom. The fraction of sp³-hybridized carbons (Fsp3) is 0.429. The normalized spacial score (nSPS) is 12.2. The first kappa shape index (κ1) is 91.6. The lowest BCUT2D eigenvalue weighted by atomic mass is 9.98. The minimum atomic E-state index is 0.392. The fourth-order valence-electron chi connectivity index (χ4n) is 14.2. The molecule has 0 radical (unpaired) electrons.